The highest BCUT2D eigenvalue weighted by Gasteiger charge is 2.14. The third kappa shape index (κ3) is 1.93. The predicted octanol–water partition coefficient (Wildman–Crippen LogP) is -0.423. The van der Waals surface area contributed by atoms with Crippen LogP contribution in [0.5, 0.6) is 0 Å². The fourth-order valence-corrected chi connectivity index (χ4v) is 1.09. The van der Waals surface area contributed by atoms with E-state index in [-0.39, 0.29) is 6.10 Å². The Morgan fingerprint density at radius 1 is 1.44 bits per heavy atom. The first-order valence-corrected chi connectivity index (χ1v) is 3.43. The Balaban J connectivity index is 2.18. The summed E-state index contributed by atoms with van der Waals surface area (Å²) in [6, 6.07) is 0. The van der Waals surface area contributed by atoms with Gasteiger partial charge in [0.25, 0.3) is 0 Å². The minimum atomic E-state index is -0.0606. The van der Waals surface area contributed by atoms with Crippen LogP contribution >= 0.6 is 0 Å². The molecule has 0 aromatic rings. The predicted molar refractivity (Wildman–Crippen MR) is 35.9 cm³/mol. The molecule has 9 heavy (non-hydrogen) atoms. The van der Waals surface area contributed by atoms with Gasteiger partial charge in [0.05, 0.1) is 6.10 Å². The number of rotatable bonds is 1. The molecule has 0 saturated carbocycles. The van der Waals surface area contributed by atoms with Gasteiger partial charge >= 0.3 is 0 Å². The fraction of sp³-hybridized carbons (Fsp3) is 1.00. The number of hydrogen-bond donors (Lipinski definition) is 2. The van der Waals surface area contributed by atoms with E-state index in [2.05, 4.69) is 10.4 Å². The summed E-state index contributed by atoms with van der Waals surface area (Å²) in [6.07, 6.45) is 1.75. The van der Waals surface area contributed by atoms with E-state index in [4.69, 9.17) is 5.11 Å². The Hall–Kier alpha value is -0.120. The van der Waals surface area contributed by atoms with E-state index in [0.29, 0.717) is 0 Å². The summed E-state index contributed by atoms with van der Waals surface area (Å²) in [5.41, 5.74) is 3.05. The standard InChI is InChI=1S/C6H14N2O/c1-7-8-4-2-6(9)3-5-8/h6-7,9H,2-5H2,1H3. The van der Waals surface area contributed by atoms with Crippen molar-refractivity contribution in [3.05, 3.63) is 0 Å². The van der Waals surface area contributed by atoms with Gasteiger partial charge in [-0.2, -0.15) is 0 Å². The fourth-order valence-electron chi connectivity index (χ4n) is 1.09. The summed E-state index contributed by atoms with van der Waals surface area (Å²) in [5, 5.41) is 11.2. The van der Waals surface area contributed by atoms with Crippen LogP contribution in [0.25, 0.3) is 0 Å². The van der Waals surface area contributed by atoms with Crippen LogP contribution < -0.4 is 5.43 Å². The molecule has 0 bridgehead atoms. The molecule has 0 unspecified atom stereocenters. The van der Waals surface area contributed by atoms with Gasteiger partial charge in [-0.3, -0.25) is 5.43 Å². The molecule has 0 aliphatic carbocycles. The average Bonchev–Trinajstić information content (AvgIpc) is 1.90. The summed E-state index contributed by atoms with van der Waals surface area (Å²) >= 11 is 0. The van der Waals surface area contributed by atoms with Crippen LogP contribution in [0, 0.1) is 0 Å². The Morgan fingerprint density at radius 2 is 2.00 bits per heavy atom. The molecule has 3 heteroatoms. The highest BCUT2D eigenvalue weighted by Crippen LogP contribution is 2.06. The minimum absolute atomic E-state index is 0.0606. The van der Waals surface area contributed by atoms with E-state index in [1.54, 1.807) is 0 Å². The van der Waals surface area contributed by atoms with E-state index >= 15 is 0 Å². The maximum atomic E-state index is 9.07. The third-order valence-electron chi connectivity index (χ3n) is 1.78. The van der Waals surface area contributed by atoms with Gasteiger partial charge in [0.1, 0.15) is 0 Å². The largest absolute Gasteiger partial charge is 0.393 e. The third-order valence-corrected chi connectivity index (χ3v) is 1.78. The first kappa shape index (κ1) is 6.99. The lowest BCUT2D eigenvalue weighted by Gasteiger charge is -2.28. The monoisotopic (exact) mass is 130 g/mol. The molecule has 0 radical (unpaired) electrons. The lowest BCUT2D eigenvalue weighted by molar-refractivity contribution is 0.0620. The van der Waals surface area contributed by atoms with Crippen molar-refractivity contribution in [2.45, 2.75) is 18.9 Å². The van der Waals surface area contributed by atoms with Crippen LogP contribution in [0.15, 0.2) is 0 Å². The smallest absolute Gasteiger partial charge is 0.0565 e. The number of aliphatic hydroxyl groups excluding tert-OH is 1. The minimum Gasteiger partial charge on any atom is -0.393 e. The lowest BCUT2D eigenvalue weighted by atomic mass is 10.1. The van der Waals surface area contributed by atoms with Crippen LogP contribution in [-0.2, 0) is 0 Å². The number of hydrazine groups is 1. The Labute approximate surface area is 55.6 Å². The maximum Gasteiger partial charge on any atom is 0.0565 e. The number of nitrogens with one attached hydrogen (secondary N) is 1. The second-order valence-corrected chi connectivity index (χ2v) is 2.44. The average molecular weight is 130 g/mol. The van der Waals surface area contributed by atoms with Crippen molar-refractivity contribution in [2.24, 2.45) is 0 Å². The van der Waals surface area contributed by atoms with Crippen molar-refractivity contribution in [3.8, 4) is 0 Å². The molecule has 0 aromatic carbocycles. The molecule has 0 aromatic heterocycles. The summed E-state index contributed by atoms with van der Waals surface area (Å²) in [6.45, 7) is 1.94. The summed E-state index contributed by atoms with van der Waals surface area (Å²) in [4.78, 5) is 0. The molecule has 1 aliphatic heterocycles. The molecule has 3 nitrogen and oxygen atoms in total. The molecule has 1 aliphatic rings. The maximum absolute atomic E-state index is 9.07. The Bertz CT molecular complexity index is 79.1. The molecule has 54 valence electrons. The Morgan fingerprint density at radius 3 is 2.44 bits per heavy atom. The SMILES string of the molecule is CNN1CCC(O)CC1. The van der Waals surface area contributed by atoms with Crippen molar-refractivity contribution in [3.63, 3.8) is 0 Å². The normalized spacial score (nSPS) is 24.7. The highest BCUT2D eigenvalue weighted by atomic mass is 16.3. The van der Waals surface area contributed by atoms with E-state index < -0.39 is 0 Å². The van der Waals surface area contributed by atoms with Crippen molar-refractivity contribution in [1.29, 1.82) is 0 Å². The molecule has 1 saturated heterocycles. The summed E-state index contributed by atoms with van der Waals surface area (Å²) in [7, 11) is 1.91. The lowest BCUT2D eigenvalue weighted by Crippen LogP contribution is -2.42. The summed E-state index contributed by atoms with van der Waals surface area (Å²) < 4.78 is 0. The quantitative estimate of drug-likeness (QED) is 0.506. The zero-order chi connectivity index (χ0) is 6.69. The number of hydrogen-bond acceptors (Lipinski definition) is 3. The molecule has 1 fully saturated rings. The molecule has 1 heterocycles. The van der Waals surface area contributed by atoms with Gasteiger partial charge in [-0.05, 0) is 19.9 Å². The van der Waals surface area contributed by atoms with E-state index in [1.165, 1.54) is 0 Å². The van der Waals surface area contributed by atoms with E-state index in [1.807, 2.05) is 7.05 Å². The first-order chi connectivity index (χ1) is 4.33. The van der Waals surface area contributed by atoms with Gasteiger partial charge in [0.15, 0.2) is 0 Å². The van der Waals surface area contributed by atoms with Crippen molar-refractivity contribution < 1.29 is 5.11 Å². The van der Waals surface area contributed by atoms with Crippen LogP contribution in [0.3, 0.4) is 0 Å². The molecular weight excluding hydrogens is 116 g/mol. The van der Waals surface area contributed by atoms with Gasteiger partial charge in [0.2, 0.25) is 0 Å². The van der Waals surface area contributed by atoms with Gasteiger partial charge in [-0.25, -0.2) is 5.01 Å². The van der Waals surface area contributed by atoms with Crippen molar-refractivity contribution >= 4 is 0 Å². The van der Waals surface area contributed by atoms with Crippen LogP contribution in [0.4, 0.5) is 0 Å². The number of piperidine rings is 1. The first-order valence-electron chi connectivity index (χ1n) is 3.43. The Kier molecular flexibility index (Phi) is 2.45. The van der Waals surface area contributed by atoms with Crippen molar-refractivity contribution in [1.82, 2.24) is 10.4 Å². The van der Waals surface area contributed by atoms with E-state index in [9.17, 15) is 0 Å². The van der Waals surface area contributed by atoms with Gasteiger partial charge in [-0.15, -0.1) is 0 Å². The van der Waals surface area contributed by atoms with Gasteiger partial charge < -0.3 is 5.11 Å². The number of aliphatic hydroxyl groups is 1. The molecule has 0 amide bonds. The topological polar surface area (TPSA) is 35.5 Å². The molecule has 2 N–H and O–H groups in total. The second-order valence-electron chi connectivity index (χ2n) is 2.44. The zero-order valence-electron chi connectivity index (χ0n) is 5.80. The van der Waals surface area contributed by atoms with Crippen LogP contribution in [0.1, 0.15) is 12.8 Å². The van der Waals surface area contributed by atoms with Gasteiger partial charge in [-0.1, -0.05) is 0 Å². The summed E-state index contributed by atoms with van der Waals surface area (Å²) in [5.74, 6) is 0. The molecule has 0 spiro atoms. The molecule has 0 atom stereocenters. The molecule has 1 rings (SSSR count). The van der Waals surface area contributed by atoms with Gasteiger partial charge in [0, 0.05) is 13.1 Å². The highest BCUT2D eigenvalue weighted by molar-refractivity contribution is 4.66. The van der Waals surface area contributed by atoms with Crippen LogP contribution in [0.2, 0.25) is 0 Å². The second kappa shape index (κ2) is 3.15. The van der Waals surface area contributed by atoms with Crippen molar-refractivity contribution in [2.75, 3.05) is 20.1 Å². The zero-order valence-corrected chi connectivity index (χ0v) is 5.80. The van der Waals surface area contributed by atoms with Crippen LogP contribution in [-0.4, -0.2) is 36.4 Å². The molecular formula is C6H14N2O. The van der Waals surface area contributed by atoms with E-state index in [0.717, 1.165) is 25.9 Å². The number of nitrogens with zero attached hydrogens (tertiary/aromatic N) is 1.